The average molecular weight is 435 g/mol. The largest absolute Gasteiger partial charge is 0.419 e. The Labute approximate surface area is 161 Å². The van der Waals surface area contributed by atoms with Gasteiger partial charge in [-0.1, -0.05) is 41.1 Å². The van der Waals surface area contributed by atoms with Gasteiger partial charge in [-0.15, -0.1) is 0 Å². The van der Waals surface area contributed by atoms with Gasteiger partial charge in [0.25, 0.3) is 0 Å². The Balaban J connectivity index is 2.12. The van der Waals surface area contributed by atoms with Crippen molar-refractivity contribution < 1.29 is 12.8 Å². The average Bonchev–Trinajstić information content (AvgIpc) is 3.07. The van der Waals surface area contributed by atoms with E-state index < -0.39 is 9.84 Å². The van der Waals surface area contributed by atoms with Crippen molar-refractivity contribution >= 4 is 31.7 Å². The molecule has 3 aromatic rings. The molecule has 0 radical (unpaired) electrons. The summed E-state index contributed by atoms with van der Waals surface area (Å²) in [6.45, 7) is 3.97. The molecule has 1 aromatic heterocycles. The molecular formula is C19H19BrN2O3S. The van der Waals surface area contributed by atoms with Crippen LogP contribution in [-0.2, 0) is 9.84 Å². The first kappa shape index (κ1) is 18.7. The van der Waals surface area contributed by atoms with Crippen LogP contribution in [0.3, 0.4) is 0 Å². The van der Waals surface area contributed by atoms with E-state index in [1.165, 1.54) is 0 Å². The SMILES string of the molecule is CCC(C)Nc1oc(-c2ccc(Br)cc2)nc1S(=O)(=O)c1ccccc1. The molecule has 1 N–H and O–H groups in total. The third kappa shape index (κ3) is 3.83. The van der Waals surface area contributed by atoms with Gasteiger partial charge in [0, 0.05) is 16.1 Å². The van der Waals surface area contributed by atoms with Gasteiger partial charge in [0.15, 0.2) is 0 Å². The first-order valence-corrected chi connectivity index (χ1v) is 10.5. The number of benzene rings is 2. The van der Waals surface area contributed by atoms with Gasteiger partial charge < -0.3 is 9.73 Å². The van der Waals surface area contributed by atoms with E-state index in [9.17, 15) is 8.42 Å². The van der Waals surface area contributed by atoms with E-state index in [0.29, 0.717) is 5.56 Å². The standard InChI is InChI=1S/C19H19BrN2O3S/c1-3-13(2)21-18-19(26(23,24)16-7-5-4-6-8-16)22-17(25-18)14-9-11-15(20)12-10-14/h4-13,21H,3H2,1-2H3. The molecule has 0 fully saturated rings. The number of nitrogens with one attached hydrogen (secondary N) is 1. The van der Waals surface area contributed by atoms with Crippen molar-refractivity contribution in [2.45, 2.75) is 36.2 Å². The normalized spacial score (nSPS) is 12.7. The van der Waals surface area contributed by atoms with E-state index in [0.717, 1.165) is 10.9 Å². The molecule has 1 heterocycles. The summed E-state index contributed by atoms with van der Waals surface area (Å²) < 4.78 is 32.8. The minimum Gasteiger partial charge on any atom is -0.419 e. The van der Waals surface area contributed by atoms with Crippen molar-refractivity contribution in [3.05, 3.63) is 59.1 Å². The van der Waals surface area contributed by atoms with Crippen LogP contribution in [0.5, 0.6) is 0 Å². The van der Waals surface area contributed by atoms with Gasteiger partial charge in [-0.25, -0.2) is 8.42 Å². The van der Waals surface area contributed by atoms with Crippen molar-refractivity contribution in [2.24, 2.45) is 0 Å². The number of sulfone groups is 1. The second-order valence-corrected chi connectivity index (χ2v) is 8.71. The van der Waals surface area contributed by atoms with Crippen molar-refractivity contribution in [3.63, 3.8) is 0 Å². The van der Waals surface area contributed by atoms with E-state index in [4.69, 9.17) is 4.42 Å². The first-order chi connectivity index (χ1) is 12.4. The van der Waals surface area contributed by atoms with Crippen LogP contribution in [0.2, 0.25) is 0 Å². The molecule has 7 heteroatoms. The van der Waals surface area contributed by atoms with Crippen LogP contribution in [0.25, 0.3) is 11.5 Å². The third-order valence-electron chi connectivity index (χ3n) is 3.99. The van der Waals surface area contributed by atoms with Gasteiger partial charge in [-0.2, -0.15) is 4.98 Å². The highest BCUT2D eigenvalue weighted by molar-refractivity contribution is 9.10. The number of rotatable bonds is 6. The maximum absolute atomic E-state index is 13.1. The zero-order valence-corrected chi connectivity index (χ0v) is 16.8. The molecular weight excluding hydrogens is 416 g/mol. The summed E-state index contributed by atoms with van der Waals surface area (Å²) >= 11 is 3.38. The summed E-state index contributed by atoms with van der Waals surface area (Å²) in [5.41, 5.74) is 0.704. The molecule has 0 aliphatic heterocycles. The lowest BCUT2D eigenvalue weighted by Gasteiger charge is -2.11. The second kappa shape index (κ2) is 7.63. The number of nitrogens with zero attached hydrogens (tertiary/aromatic N) is 1. The van der Waals surface area contributed by atoms with E-state index in [2.05, 4.69) is 26.2 Å². The Hall–Kier alpha value is -2.12. The molecule has 0 aliphatic carbocycles. The molecule has 0 saturated carbocycles. The zero-order chi connectivity index (χ0) is 18.7. The predicted octanol–water partition coefficient (Wildman–Crippen LogP) is 5.15. The van der Waals surface area contributed by atoms with Gasteiger partial charge in [0.05, 0.1) is 4.90 Å². The lowest BCUT2D eigenvalue weighted by molar-refractivity contribution is 0.566. The highest BCUT2D eigenvalue weighted by atomic mass is 79.9. The fraction of sp³-hybridized carbons (Fsp3) is 0.211. The lowest BCUT2D eigenvalue weighted by Crippen LogP contribution is -2.15. The van der Waals surface area contributed by atoms with Crippen LogP contribution in [0.15, 0.2) is 73.4 Å². The van der Waals surface area contributed by atoms with Gasteiger partial charge in [0.2, 0.25) is 26.6 Å². The minimum absolute atomic E-state index is 0.0467. The molecule has 2 aromatic carbocycles. The maximum atomic E-state index is 13.1. The van der Waals surface area contributed by atoms with Crippen molar-refractivity contribution in [1.82, 2.24) is 4.98 Å². The maximum Gasteiger partial charge on any atom is 0.234 e. The highest BCUT2D eigenvalue weighted by Crippen LogP contribution is 2.33. The summed E-state index contributed by atoms with van der Waals surface area (Å²) in [6.07, 6.45) is 0.819. The van der Waals surface area contributed by atoms with E-state index in [1.807, 2.05) is 38.1 Å². The Bertz CT molecular complexity index is 983. The van der Waals surface area contributed by atoms with Crippen molar-refractivity contribution in [1.29, 1.82) is 0 Å². The van der Waals surface area contributed by atoms with Crippen LogP contribution in [0.1, 0.15) is 20.3 Å². The molecule has 0 saturated heterocycles. The number of aromatic nitrogens is 1. The molecule has 1 atom stereocenters. The van der Waals surface area contributed by atoms with E-state index in [1.54, 1.807) is 30.3 Å². The summed E-state index contributed by atoms with van der Waals surface area (Å²) in [6, 6.07) is 15.6. The molecule has 0 bridgehead atoms. The summed E-state index contributed by atoms with van der Waals surface area (Å²) in [5, 5.41) is 3.02. The zero-order valence-electron chi connectivity index (χ0n) is 14.4. The van der Waals surface area contributed by atoms with Gasteiger partial charge in [0.1, 0.15) is 0 Å². The molecule has 26 heavy (non-hydrogen) atoms. The van der Waals surface area contributed by atoms with Crippen LogP contribution in [0.4, 0.5) is 5.88 Å². The van der Waals surface area contributed by atoms with Crippen molar-refractivity contribution in [2.75, 3.05) is 5.32 Å². The van der Waals surface area contributed by atoms with Gasteiger partial charge in [-0.05, 0) is 49.7 Å². The summed E-state index contributed by atoms with van der Waals surface area (Å²) in [4.78, 5) is 4.50. The van der Waals surface area contributed by atoms with E-state index in [-0.39, 0.29) is 27.7 Å². The predicted molar refractivity (Wildman–Crippen MR) is 105 cm³/mol. The molecule has 3 rings (SSSR count). The van der Waals surface area contributed by atoms with Crippen LogP contribution in [-0.4, -0.2) is 19.4 Å². The molecule has 0 aliphatic rings. The highest BCUT2D eigenvalue weighted by Gasteiger charge is 2.28. The molecule has 1 unspecified atom stereocenters. The Morgan fingerprint density at radius 1 is 1.12 bits per heavy atom. The number of hydrogen-bond acceptors (Lipinski definition) is 5. The fourth-order valence-electron chi connectivity index (χ4n) is 2.33. The first-order valence-electron chi connectivity index (χ1n) is 8.25. The number of hydrogen-bond donors (Lipinski definition) is 1. The van der Waals surface area contributed by atoms with Crippen LogP contribution < -0.4 is 5.32 Å². The second-order valence-electron chi connectivity index (χ2n) is 5.93. The van der Waals surface area contributed by atoms with Crippen LogP contribution >= 0.6 is 15.9 Å². The summed E-state index contributed by atoms with van der Waals surface area (Å²) in [7, 11) is -3.80. The van der Waals surface area contributed by atoms with Crippen LogP contribution in [0, 0.1) is 0 Å². The minimum atomic E-state index is -3.80. The molecule has 0 amide bonds. The smallest absolute Gasteiger partial charge is 0.234 e. The Kier molecular flexibility index (Phi) is 5.48. The number of anilines is 1. The number of halogens is 1. The fourth-order valence-corrected chi connectivity index (χ4v) is 3.88. The van der Waals surface area contributed by atoms with Gasteiger partial charge in [-0.3, -0.25) is 0 Å². The molecule has 0 spiro atoms. The van der Waals surface area contributed by atoms with Crippen molar-refractivity contribution in [3.8, 4) is 11.5 Å². The third-order valence-corrected chi connectivity index (χ3v) is 6.19. The quantitative estimate of drug-likeness (QED) is 0.580. The molecule has 136 valence electrons. The summed E-state index contributed by atoms with van der Waals surface area (Å²) in [5.74, 6) is 0.430. The Morgan fingerprint density at radius 3 is 2.38 bits per heavy atom. The topological polar surface area (TPSA) is 72.2 Å². The monoisotopic (exact) mass is 434 g/mol. The Morgan fingerprint density at radius 2 is 1.77 bits per heavy atom. The lowest BCUT2D eigenvalue weighted by atomic mass is 10.2. The van der Waals surface area contributed by atoms with Gasteiger partial charge >= 0.3 is 0 Å². The molecule has 5 nitrogen and oxygen atoms in total. The van der Waals surface area contributed by atoms with E-state index >= 15 is 0 Å². The number of oxazole rings is 1.